The van der Waals surface area contributed by atoms with Crippen molar-refractivity contribution in [1.29, 1.82) is 0 Å². The van der Waals surface area contributed by atoms with Gasteiger partial charge in [-0.1, -0.05) is 0 Å². The summed E-state index contributed by atoms with van der Waals surface area (Å²) in [5.41, 5.74) is 0. The van der Waals surface area contributed by atoms with E-state index in [1.54, 1.807) is 14.1 Å². The van der Waals surface area contributed by atoms with Gasteiger partial charge in [0.1, 0.15) is 0 Å². The maximum atomic E-state index is 4.63. The van der Waals surface area contributed by atoms with Crippen molar-refractivity contribution in [3.05, 3.63) is 0 Å². The molecule has 0 aromatic rings. The predicted molar refractivity (Wildman–Crippen MR) is 36.5 cm³/mol. The fraction of sp³-hybridized carbons (Fsp3) is 0.667. The molecule has 0 aromatic heterocycles. The van der Waals surface area contributed by atoms with Gasteiger partial charge in [0.25, 0.3) is 0 Å². The molecule has 0 aliphatic heterocycles. The molecule has 37 valence electrons. The van der Waals surface area contributed by atoms with Crippen LogP contribution in [0, 0.1) is 0 Å². The summed E-state index contributed by atoms with van der Waals surface area (Å²) >= 11 is 4.63. The Kier molecular flexibility index (Phi) is 10.2. The standard InChI is InChI=1S/C3H8N2S.Na/c1-4-3(6)5-2;/h1-2H3,(H2,4,5,6);. The molecule has 0 saturated heterocycles. The first kappa shape index (κ1) is 10.6. The Morgan fingerprint density at radius 3 is 1.57 bits per heavy atom. The quantitative estimate of drug-likeness (QED) is 0.333. The van der Waals surface area contributed by atoms with Gasteiger partial charge in [0.2, 0.25) is 0 Å². The van der Waals surface area contributed by atoms with Gasteiger partial charge in [-0.15, -0.1) is 0 Å². The van der Waals surface area contributed by atoms with Crippen molar-refractivity contribution in [2.24, 2.45) is 0 Å². The monoisotopic (exact) mass is 127 g/mol. The second-order valence-electron chi connectivity index (χ2n) is 0.829. The van der Waals surface area contributed by atoms with E-state index < -0.39 is 0 Å². The van der Waals surface area contributed by atoms with Crippen LogP contribution >= 0.6 is 12.2 Å². The third kappa shape index (κ3) is 6.69. The normalized spacial score (nSPS) is 6.00. The molecule has 1 radical (unpaired) electrons. The van der Waals surface area contributed by atoms with Gasteiger partial charge >= 0.3 is 0 Å². The SMILES string of the molecule is CNC(=S)NC.[Na]. The van der Waals surface area contributed by atoms with Crippen LogP contribution in [0.3, 0.4) is 0 Å². The summed E-state index contributed by atoms with van der Waals surface area (Å²) in [7, 11) is 3.55. The Bertz CT molecular complexity index is 50.9. The van der Waals surface area contributed by atoms with E-state index in [1.165, 1.54) is 0 Å². The summed E-state index contributed by atoms with van der Waals surface area (Å²) in [5, 5.41) is 6.15. The molecular formula is C3H8N2NaS. The fourth-order valence-electron chi connectivity index (χ4n) is 0.125. The Morgan fingerprint density at radius 1 is 1.29 bits per heavy atom. The molecule has 0 heterocycles. The smallest absolute Gasteiger partial charge is 0.165 e. The zero-order chi connectivity index (χ0) is 4.99. The second-order valence-corrected chi connectivity index (χ2v) is 1.24. The molecule has 0 rings (SSSR count). The minimum absolute atomic E-state index is 0. The molecule has 4 heteroatoms. The van der Waals surface area contributed by atoms with Gasteiger partial charge in [-0.25, -0.2) is 0 Å². The van der Waals surface area contributed by atoms with Crippen molar-refractivity contribution in [2.45, 2.75) is 0 Å². The number of thiocarbonyl (C=S) groups is 1. The van der Waals surface area contributed by atoms with Crippen molar-refractivity contribution in [3.63, 3.8) is 0 Å². The Balaban J connectivity index is 0. The Morgan fingerprint density at radius 2 is 1.57 bits per heavy atom. The zero-order valence-electron chi connectivity index (χ0n) is 4.91. The molecule has 0 aliphatic carbocycles. The van der Waals surface area contributed by atoms with Crippen molar-refractivity contribution >= 4 is 46.9 Å². The molecule has 0 bridgehead atoms. The summed E-state index contributed by atoms with van der Waals surface area (Å²) in [6, 6.07) is 0. The van der Waals surface area contributed by atoms with E-state index in [2.05, 4.69) is 22.9 Å². The van der Waals surface area contributed by atoms with Crippen molar-refractivity contribution in [2.75, 3.05) is 14.1 Å². The predicted octanol–water partition coefficient (Wildman–Crippen LogP) is -0.671. The van der Waals surface area contributed by atoms with E-state index >= 15 is 0 Å². The minimum Gasteiger partial charge on any atom is -0.366 e. The second kappa shape index (κ2) is 6.69. The summed E-state index contributed by atoms with van der Waals surface area (Å²) < 4.78 is 0. The van der Waals surface area contributed by atoms with E-state index in [1.807, 2.05) is 0 Å². The maximum Gasteiger partial charge on any atom is 0.165 e. The first-order chi connectivity index (χ1) is 2.81. The topological polar surface area (TPSA) is 24.1 Å². The molecule has 0 atom stereocenters. The van der Waals surface area contributed by atoms with Crippen LogP contribution in [0.15, 0.2) is 0 Å². The van der Waals surface area contributed by atoms with Crippen LogP contribution in [0.2, 0.25) is 0 Å². The zero-order valence-corrected chi connectivity index (χ0v) is 7.72. The van der Waals surface area contributed by atoms with Gasteiger partial charge in [-0.05, 0) is 12.2 Å². The number of nitrogens with one attached hydrogen (secondary N) is 2. The molecule has 0 unspecified atom stereocenters. The average molecular weight is 127 g/mol. The summed E-state index contributed by atoms with van der Waals surface area (Å²) in [6.07, 6.45) is 0. The number of hydrogen-bond acceptors (Lipinski definition) is 1. The van der Waals surface area contributed by atoms with Gasteiger partial charge in [-0.3, -0.25) is 0 Å². The molecule has 0 saturated carbocycles. The first-order valence-electron chi connectivity index (χ1n) is 1.70. The molecule has 0 spiro atoms. The number of hydrogen-bond donors (Lipinski definition) is 2. The largest absolute Gasteiger partial charge is 0.366 e. The van der Waals surface area contributed by atoms with Gasteiger partial charge < -0.3 is 10.6 Å². The van der Waals surface area contributed by atoms with Crippen LogP contribution in [0.4, 0.5) is 0 Å². The Labute approximate surface area is 71.3 Å². The Hall–Kier alpha value is 0.690. The van der Waals surface area contributed by atoms with E-state index in [4.69, 9.17) is 0 Å². The maximum absolute atomic E-state index is 4.63. The molecule has 0 amide bonds. The molecule has 0 fully saturated rings. The minimum atomic E-state index is 0. The molecule has 2 nitrogen and oxygen atoms in total. The van der Waals surface area contributed by atoms with E-state index in [0.29, 0.717) is 5.11 Å². The molecular weight excluding hydrogens is 119 g/mol. The van der Waals surface area contributed by atoms with E-state index in [9.17, 15) is 0 Å². The number of rotatable bonds is 0. The van der Waals surface area contributed by atoms with Gasteiger partial charge in [0.05, 0.1) is 0 Å². The van der Waals surface area contributed by atoms with E-state index in [0.717, 1.165) is 0 Å². The average Bonchev–Trinajstić information content (AvgIpc) is 1.65. The third-order valence-corrected chi connectivity index (χ3v) is 0.862. The summed E-state index contributed by atoms with van der Waals surface area (Å²) in [4.78, 5) is 0. The molecule has 7 heavy (non-hydrogen) atoms. The molecule has 0 aliphatic rings. The molecule has 0 aromatic carbocycles. The van der Waals surface area contributed by atoms with Gasteiger partial charge in [-0.2, -0.15) is 0 Å². The van der Waals surface area contributed by atoms with Crippen LogP contribution in [0.5, 0.6) is 0 Å². The van der Waals surface area contributed by atoms with Crippen LogP contribution in [0.1, 0.15) is 0 Å². The summed E-state index contributed by atoms with van der Waals surface area (Å²) in [6.45, 7) is 0. The van der Waals surface area contributed by atoms with Crippen LogP contribution in [0.25, 0.3) is 0 Å². The van der Waals surface area contributed by atoms with Gasteiger partial charge in [0, 0.05) is 43.7 Å². The van der Waals surface area contributed by atoms with Crippen LogP contribution < -0.4 is 10.6 Å². The van der Waals surface area contributed by atoms with Crippen molar-refractivity contribution in [1.82, 2.24) is 10.6 Å². The molecule has 2 N–H and O–H groups in total. The summed E-state index contributed by atoms with van der Waals surface area (Å²) in [5.74, 6) is 0. The van der Waals surface area contributed by atoms with Crippen molar-refractivity contribution < 1.29 is 0 Å². The third-order valence-electron chi connectivity index (χ3n) is 0.454. The van der Waals surface area contributed by atoms with Gasteiger partial charge in [0.15, 0.2) is 5.11 Å². The fourth-order valence-corrected chi connectivity index (χ4v) is 0.125. The van der Waals surface area contributed by atoms with Crippen molar-refractivity contribution in [3.8, 4) is 0 Å². The van der Waals surface area contributed by atoms with Crippen LogP contribution in [-0.4, -0.2) is 48.8 Å². The van der Waals surface area contributed by atoms with Crippen LogP contribution in [-0.2, 0) is 0 Å². The first-order valence-corrected chi connectivity index (χ1v) is 2.11. The van der Waals surface area contributed by atoms with E-state index in [-0.39, 0.29) is 29.6 Å².